The van der Waals surface area contributed by atoms with Crippen molar-refractivity contribution in [2.24, 2.45) is 5.73 Å². The zero-order valence-electron chi connectivity index (χ0n) is 16.6. The van der Waals surface area contributed by atoms with Gasteiger partial charge in [-0.05, 0) is 18.4 Å². The standard InChI is InChI=1S/C17H31BIN2O4P.Y/c20-17(12-22,13-23)10-9-15-7-5-14(6-8-15)4-2-1-3-11-21-16(24)18-25-19-26;/h5-8,18-19,22-23H,1-4,9-13,20,26H2,(H,21,24);/i18D;. The molecule has 0 aromatic heterocycles. The Morgan fingerprint density at radius 1 is 1.22 bits per heavy atom. The van der Waals surface area contributed by atoms with Crippen LogP contribution in [0.2, 0.25) is 0 Å². The number of unbranched alkanes of at least 4 members (excludes halogenated alkanes) is 2. The number of nitrogens with two attached hydrogens (primary N) is 1. The van der Waals surface area contributed by atoms with Crippen molar-refractivity contribution >= 4 is 41.2 Å². The van der Waals surface area contributed by atoms with E-state index in [9.17, 15) is 15.0 Å². The van der Waals surface area contributed by atoms with E-state index in [1.165, 1.54) is 5.56 Å². The molecular formula is C17H31BIN2O4PY. The first-order valence-electron chi connectivity index (χ1n) is 9.32. The van der Waals surface area contributed by atoms with Gasteiger partial charge in [0.25, 0.3) is 0 Å². The van der Waals surface area contributed by atoms with Gasteiger partial charge in [0.05, 0.1) is 18.8 Å². The van der Waals surface area contributed by atoms with E-state index in [0.717, 1.165) is 37.7 Å². The van der Waals surface area contributed by atoms with E-state index in [1.807, 2.05) is 0 Å². The maximum absolute atomic E-state index is 11.5. The van der Waals surface area contributed by atoms with Crippen LogP contribution in [-0.2, 0) is 48.5 Å². The molecule has 0 fully saturated rings. The molecule has 0 heterocycles. The summed E-state index contributed by atoms with van der Waals surface area (Å²) in [5, 5.41) is 21.2. The summed E-state index contributed by atoms with van der Waals surface area (Å²) >= 11 is -0.749. The second kappa shape index (κ2) is 16.6. The normalized spacial score (nSPS) is 11.6. The minimum absolute atomic E-state index is 0. The van der Waals surface area contributed by atoms with Crippen LogP contribution in [0.5, 0.6) is 0 Å². The van der Waals surface area contributed by atoms with Gasteiger partial charge in [-0.2, -0.15) is 0 Å². The third-order valence-corrected chi connectivity index (χ3v) is 5.55. The van der Waals surface area contributed by atoms with Crippen LogP contribution in [0.3, 0.4) is 0 Å². The summed E-state index contributed by atoms with van der Waals surface area (Å²) in [6, 6.07) is 8.33. The van der Waals surface area contributed by atoms with E-state index in [1.54, 1.807) is 0 Å². The number of hydrogen-bond acceptors (Lipinski definition) is 5. The number of benzene rings is 1. The Kier molecular flexibility index (Phi) is 16.0. The molecule has 1 rings (SSSR count). The van der Waals surface area contributed by atoms with Gasteiger partial charge in [0, 0.05) is 32.7 Å². The largest absolute Gasteiger partial charge is 0 e. The number of amides is 1. The van der Waals surface area contributed by atoms with Crippen LogP contribution in [0, 0.1) is 0 Å². The number of carbonyl (C=O) groups excluding carboxylic acids is 1. The SMILES string of the molecule is [2H]B(O[IH]P)C(=O)NCCCCCc1ccc(CCC(N)(CO)CO)cc1.[Y]. The molecule has 1 aromatic rings. The zero-order valence-corrected chi connectivity index (χ0v) is 21.9. The minimum Gasteiger partial charge on any atom is 0 e. The summed E-state index contributed by atoms with van der Waals surface area (Å²) in [6.07, 6.45) is 5.16. The van der Waals surface area contributed by atoms with Crippen molar-refractivity contribution in [3.63, 3.8) is 0 Å². The van der Waals surface area contributed by atoms with Crippen molar-refractivity contribution < 1.29 is 50.7 Å². The van der Waals surface area contributed by atoms with Crippen molar-refractivity contribution in [2.75, 3.05) is 19.8 Å². The quantitative estimate of drug-likeness (QED) is 0.115. The van der Waals surface area contributed by atoms with Crippen molar-refractivity contribution in [1.29, 1.82) is 1.34 Å². The maximum atomic E-state index is 11.5. The molecule has 5 N–H and O–H groups in total. The van der Waals surface area contributed by atoms with E-state index >= 15 is 0 Å². The second-order valence-electron chi connectivity index (χ2n) is 6.41. The number of nitrogens with one attached hydrogen (secondary N) is 1. The molecule has 0 saturated heterocycles. The van der Waals surface area contributed by atoms with Gasteiger partial charge in [0.1, 0.15) is 0 Å². The Hall–Kier alpha value is 0.859. The molecule has 0 spiro atoms. The van der Waals surface area contributed by atoms with Gasteiger partial charge < -0.3 is 15.9 Å². The van der Waals surface area contributed by atoms with Gasteiger partial charge in [0.15, 0.2) is 0 Å². The second-order valence-corrected chi connectivity index (χ2v) is 8.80. The molecule has 1 aromatic carbocycles. The van der Waals surface area contributed by atoms with Crippen LogP contribution in [0.15, 0.2) is 24.3 Å². The molecule has 1 amide bonds. The van der Waals surface area contributed by atoms with Gasteiger partial charge in [-0.3, -0.25) is 0 Å². The van der Waals surface area contributed by atoms with Crippen LogP contribution in [0.1, 0.15) is 36.8 Å². The summed E-state index contributed by atoms with van der Waals surface area (Å²) in [5.74, 6) is -0.359. The molecular weight excluding hydrogens is 554 g/mol. The molecule has 1 unspecified atom stereocenters. The molecule has 1 radical (unpaired) electrons. The number of aliphatic hydroxyl groups excluding tert-OH is 2. The fraction of sp³-hybridized carbons (Fsp3) is 0.588. The summed E-state index contributed by atoms with van der Waals surface area (Å²) in [6.45, 7) is 2.58. The molecule has 6 nitrogen and oxygen atoms in total. The van der Waals surface area contributed by atoms with Crippen molar-refractivity contribution in [1.82, 2.24) is 5.32 Å². The fourth-order valence-electron chi connectivity index (χ4n) is 2.43. The molecule has 27 heavy (non-hydrogen) atoms. The molecule has 0 aliphatic rings. The number of carbonyl (C=O) groups is 1. The third kappa shape index (κ3) is 12.9. The van der Waals surface area contributed by atoms with Crippen molar-refractivity contribution in [3.05, 3.63) is 35.4 Å². The first kappa shape index (κ1) is 25.9. The topological polar surface area (TPSA) is 105 Å². The predicted octanol–water partition coefficient (Wildman–Crippen LogP) is 1.50. The average Bonchev–Trinajstić information content (AvgIpc) is 2.69. The molecule has 0 aliphatic heterocycles. The minimum atomic E-state index is -1.09. The van der Waals surface area contributed by atoms with Gasteiger partial charge in [-0.15, -0.1) is 0 Å². The molecule has 0 bridgehead atoms. The number of aliphatic hydroxyl groups is 2. The van der Waals surface area contributed by atoms with E-state index in [-0.39, 0.29) is 51.7 Å². The van der Waals surface area contributed by atoms with Crippen LogP contribution < -0.4 is 11.1 Å². The third-order valence-electron chi connectivity index (χ3n) is 4.22. The van der Waals surface area contributed by atoms with E-state index in [2.05, 4.69) is 36.5 Å². The van der Waals surface area contributed by atoms with E-state index in [4.69, 9.17) is 10.1 Å². The smallest absolute Gasteiger partial charge is 0 e. The van der Waals surface area contributed by atoms with Gasteiger partial charge in [-0.25, -0.2) is 0 Å². The predicted molar refractivity (Wildman–Crippen MR) is 120 cm³/mol. The summed E-state index contributed by atoms with van der Waals surface area (Å²) in [4.78, 5) is 11.5. The first-order valence-corrected chi connectivity index (χ1v) is 14.2. The van der Waals surface area contributed by atoms with Crippen molar-refractivity contribution in [2.45, 2.75) is 44.1 Å². The Bertz CT molecular complexity index is 558. The molecule has 1 atom stereocenters. The molecule has 0 saturated carbocycles. The summed E-state index contributed by atoms with van der Waals surface area (Å²) in [7, 11) is -1.09. The van der Waals surface area contributed by atoms with Crippen LogP contribution >= 0.6 is 28.0 Å². The fourth-order valence-corrected chi connectivity index (χ4v) is 3.21. The number of aryl methyl sites for hydroxylation is 2. The van der Waals surface area contributed by atoms with Gasteiger partial charge in [-0.1, -0.05) is 0 Å². The Morgan fingerprint density at radius 2 is 1.81 bits per heavy atom. The first-order chi connectivity index (χ1) is 12.9. The molecule has 10 heteroatoms. The number of halogens is 1. The Balaban J connectivity index is 0.00000729. The van der Waals surface area contributed by atoms with E-state index in [0.29, 0.717) is 13.0 Å². The zero-order chi connectivity index (χ0) is 20.1. The van der Waals surface area contributed by atoms with Crippen LogP contribution in [0.25, 0.3) is 0 Å². The average molecular weight is 586 g/mol. The van der Waals surface area contributed by atoms with Crippen LogP contribution in [0.4, 0.5) is 4.79 Å². The Morgan fingerprint density at radius 3 is 2.37 bits per heavy atom. The van der Waals surface area contributed by atoms with Crippen molar-refractivity contribution in [3.8, 4) is 0 Å². The molecule has 0 aliphatic carbocycles. The number of hydrogen-bond donors (Lipinski definition) is 4. The summed E-state index contributed by atoms with van der Waals surface area (Å²) in [5.41, 5.74) is 7.37. The number of rotatable bonds is 14. The monoisotopic (exact) mass is 586 g/mol. The van der Waals surface area contributed by atoms with E-state index < -0.39 is 34.1 Å². The maximum Gasteiger partial charge on any atom is 0 e. The molecule has 151 valence electrons. The van der Waals surface area contributed by atoms with Gasteiger partial charge >= 0.3 is 118 Å². The van der Waals surface area contributed by atoms with Crippen LogP contribution in [-0.4, -0.2) is 50.1 Å². The Labute approximate surface area is 202 Å². The van der Waals surface area contributed by atoms with Gasteiger partial charge in [0.2, 0.25) is 0 Å². The summed E-state index contributed by atoms with van der Waals surface area (Å²) < 4.78 is 12.5.